The Kier molecular flexibility index (Phi) is 3.90. The fourth-order valence-corrected chi connectivity index (χ4v) is 3.22. The predicted octanol–water partition coefficient (Wildman–Crippen LogP) is -2.12. The van der Waals surface area contributed by atoms with Crippen LogP contribution in [0.15, 0.2) is 22.6 Å². The lowest BCUT2D eigenvalue weighted by molar-refractivity contribution is -0.131. The third-order valence-electron chi connectivity index (χ3n) is 3.48. The van der Waals surface area contributed by atoms with Gasteiger partial charge < -0.3 is 30.5 Å². The van der Waals surface area contributed by atoms with Crippen molar-refractivity contribution in [1.29, 1.82) is 0 Å². The van der Waals surface area contributed by atoms with Crippen LogP contribution >= 0.6 is 0 Å². The molecule has 1 aromatic carbocycles. The third kappa shape index (κ3) is 2.96. The molecule has 3 unspecified atom stereocenters. The van der Waals surface area contributed by atoms with E-state index in [1.807, 2.05) is 0 Å². The molecule has 1 fully saturated rings. The summed E-state index contributed by atoms with van der Waals surface area (Å²) < 4.78 is 39.0. The van der Waals surface area contributed by atoms with Crippen molar-refractivity contribution in [2.75, 3.05) is 11.3 Å². The maximum Gasteiger partial charge on any atom is 0.344 e. The number of rotatable bonds is 3. The Balaban J connectivity index is 1.81. The highest BCUT2D eigenvalue weighted by Gasteiger charge is 2.42. The summed E-state index contributed by atoms with van der Waals surface area (Å²) in [5.74, 6) is -0.0138. The Hall–Kier alpha value is -1.92. The first-order chi connectivity index (χ1) is 10.8. The van der Waals surface area contributed by atoms with Crippen LogP contribution in [-0.4, -0.2) is 60.8 Å². The Morgan fingerprint density at radius 1 is 1.30 bits per heavy atom. The lowest BCUT2D eigenvalue weighted by Crippen LogP contribution is -2.35. The van der Waals surface area contributed by atoms with Crippen molar-refractivity contribution in [2.24, 2.45) is 10.1 Å². The average Bonchev–Trinajstić information content (AvgIpc) is 2.70. The van der Waals surface area contributed by atoms with Gasteiger partial charge in [0.25, 0.3) is 0 Å². The highest BCUT2D eigenvalue weighted by atomic mass is 32.2. The van der Waals surface area contributed by atoms with Crippen molar-refractivity contribution >= 4 is 21.7 Å². The number of benzene rings is 1. The summed E-state index contributed by atoms with van der Waals surface area (Å²) in [7, 11) is -3.89. The molecule has 2 aliphatic rings. The molecule has 2 aliphatic heterocycles. The lowest BCUT2D eigenvalue weighted by atomic mass is 10.1. The van der Waals surface area contributed by atoms with E-state index >= 15 is 0 Å². The summed E-state index contributed by atoms with van der Waals surface area (Å²) in [6.07, 6.45) is -5.18. The Morgan fingerprint density at radius 2 is 2.04 bits per heavy atom. The smallest absolute Gasteiger partial charge is 0.344 e. The summed E-state index contributed by atoms with van der Waals surface area (Å²) in [6, 6.07) is 4.58. The summed E-state index contributed by atoms with van der Waals surface area (Å²) in [6.45, 7) is -0.189. The molecule has 0 spiro atoms. The number of anilines is 1. The SMILES string of the molecule is NC1=NS(=O)(=O)Nc2cccc(OC[C@H]3OC(O)C(O)C3O)c21. The number of hydrogen-bond acceptors (Lipinski definition) is 8. The molecule has 4 atom stereocenters. The minimum absolute atomic E-state index is 0.189. The minimum Gasteiger partial charge on any atom is -0.490 e. The van der Waals surface area contributed by atoms with E-state index in [4.69, 9.17) is 15.2 Å². The molecule has 0 aliphatic carbocycles. The number of amidine groups is 1. The summed E-state index contributed by atoms with van der Waals surface area (Å²) in [5.41, 5.74) is 6.14. The molecule has 10 nitrogen and oxygen atoms in total. The van der Waals surface area contributed by atoms with Gasteiger partial charge in [-0.25, -0.2) is 0 Å². The van der Waals surface area contributed by atoms with Gasteiger partial charge in [-0.1, -0.05) is 6.07 Å². The van der Waals surface area contributed by atoms with Crippen LogP contribution in [0.1, 0.15) is 5.56 Å². The topological polar surface area (TPSA) is 164 Å². The van der Waals surface area contributed by atoms with Crippen molar-refractivity contribution in [3.05, 3.63) is 23.8 Å². The van der Waals surface area contributed by atoms with E-state index in [1.54, 1.807) is 6.07 Å². The number of nitrogens with two attached hydrogens (primary N) is 1. The molecule has 126 valence electrons. The van der Waals surface area contributed by atoms with E-state index in [9.17, 15) is 23.7 Å². The van der Waals surface area contributed by atoms with Crippen molar-refractivity contribution in [3.63, 3.8) is 0 Å². The van der Waals surface area contributed by atoms with E-state index in [0.717, 1.165) is 0 Å². The molecule has 0 aromatic heterocycles. The zero-order valence-corrected chi connectivity index (χ0v) is 12.5. The van der Waals surface area contributed by atoms with Crippen LogP contribution in [0.2, 0.25) is 0 Å². The molecular formula is C12H15N3O7S. The normalized spacial score (nSPS) is 31.9. The maximum absolute atomic E-state index is 11.5. The summed E-state index contributed by atoms with van der Waals surface area (Å²) >= 11 is 0. The van der Waals surface area contributed by atoms with Gasteiger partial charge in [0.1, 0.15) is 30.7 Å². The first kappa shape index (κ1) is 16.0. The number of nitrogens with zero attached hydrogens (tertiary/aromatic N) is 1. The second-order valence-corrected chi connectivity index (χ2v) is 6.43. The van der Waals surface area contributed by atoms with Gasteiger partial charge in [0, 0.05) is 0 Å². The number of hydrogen-bond donors (Lipinski definition) is 5. The molecule has 2 heterocycles. The van der Waals surface area contributed by atoms with Crippen molar-refractivity contribution in [1.82, 2.24) is 0 Å². The summed E-state index contributed by atoms with van der Waals surface area (Å²) in [4.78, 5) is 0. The lowest BCUT2D eigenvalue weighted by Gasteiger charge is -2.21. The molecule has 1 saturated heterocycles. The molecule has 0 saturated carbocycles. The highest BCUT2D eigenvalue weighted by Crippen LogP contribution is 2.31. The molecule has 11 heteroatoms. The molecule has 3 rings (SSSR count). The van der Waals surface area contributed by atoms with Crippen LogP contribution in [-0.2, 0) is 14.9 Å². The van der Waals surface area contributed by atoms with E-state index in [0.29, 0.717) is 0 Å². The van der Waals surface area contributed by atoms with Crippen LogP contribution in [0.3, 0.4) is 0 Å². The zero-order chi connectivity index (χ0) is 16.8. The van der Waals surface area contributed by atoms with Gasteiger partial charge in [0.15, 0.2) is 12.1 Å². The van der Waals surface area contributed by atoms with Crippen molar-refractivity contribution < 1.29 is 33.2 Å². The van der Waals surface area contributed by atoms with Gasteiger partial charge in [0.05, 0.1) is 11.3 Å². The highest BCUT2D eigenvalue weighted by molar-refractivity contribution is 7.91. The standard InChI is InChI=1S/C12H15N3O7S/c13-11-8-5(14-23(19,20)15-11)2-1-3-6(8)21-4-7-9(16)10(17)12(18)22-7/h1-3,7,9-10,12,14,16-18H,4H2,(H2,13,15)/t7-,9?,10?,12?/m1/s1. The molecule has 0 radical (unpaired) electrons. The zero-order valence-electron chi connectivity index (χ0n) is 11.7. The Labute approximate surface area is 131 Å². The average molecular weight is 345 g/mol. The number of ether oxygens (including phenoxy) is 2. The van der Waals surface area contributed by atoms with Crippen molar-refractivity contribution in [2.45, 2.75) is 24.6 Å². The van der Waals surface area contributed by atoms with E-state index in [2.05, 4.69) is 9.12 Å². The molecule has 6 N–H and O–H groups in total. The van der Waals surface area contributed by atoms with E-state index in [-0.39, 0.29) is 29.4 Å². The van der Waals surface area contributed by atoms with Gasteiger partial charge in [-0.2, -0.15) is 8.42 Å². The molecule has 1 aromatic rings. The quantitative estimate of drug-likeness (QED) is 0.415. The van der Waals surface area contributed by atoms with Crippen LogP contribution in [0.5, 0.6) is 5.75 Å². The Morgan fingerprint density at radius 3 is 2.70 bits per heavy atom. The van der Waals surface area contributed by atoms with Gasteiger partial charge in [0.2, 0.25) is 0 Å². The maximum atomic E-state index is 11.5. The number of fused-ring (bicyclic) bond motifs is 1. The van der Waals surface area contributed by atoms with Crippen LogP contribution in [0.4, 0.5) is 5.69 Å². The fourth-order valence-electron chi connectivity index (χ4n) is 2.38. The second kappa shape index (κ2) is 5.62. The molecule has 0 bridgehead atoms. The third-order valence-corrected chi connectivity index (χ3v) is 4.40. The van der Waals surface area contributed by atoms with Gasteiger partial charge in [-0.15, -0.1) is 4.40 Å². The molecular weight excluding hydrogens is 330 g/mol. The number of aliphatic hydroxyl groups is 3. The number of aliphatic hydroxyl groups excluding tert-OH is 3. The number of nitrogens with one attached hydrogen (secondary N) is 1. The summed E-state index contributed by atoms with van der Waals surface area (Å²) in [5, 5.41) is 28.5. The molecule has 0 amide bonds. The van der Waals surface area contributed by atoms with Gasteiger partial charge in [-0.3, -0.25) is 4.72 Å². The second-order valence-electron chi connectivity index (χ2n) is 5.09. The van der Waals surface area contributed by atoms with Crippen LogP contribution in [0, 0.1) is 0 Å². The predicted molar refractivity (Wildman–Crippen MR) is 78.1 cm³/mol. The minimum atomic E-state index is -3.89. The van der Waals surface area contributed by atoms with Gasteiger partial charge in [-0.05, 0) is 12.1 Å². The van der Waals surface area contributed by atoms with Crippen LogP contribution < -0.4 is 15.2 Å². The van der Waals surface area contributed by atoms with E-state index in [1.165, 1.54) is 12.1 Å². The monoisotopic (exact) mass is 345 g/mol. The first-order valence-corrected chi connectivity index (χ1v) is 8.06. The molecule has 23 heavy (non-hydrogen) atoms. The first-order valence-electron chi connectivity index (χ1n) is 6.62. The Bertz CT molecular complexity index is 751. The van der Waals surface area contributed by atoms with E-state index < -0.39 is 34.8 Å². The fraction of sp³-hybridized carbons (Fsp3) is 0.417. The largest absolute Gasteiger partial charge is 0.490 e. The van der Waals surface area contributed by atoms with Gasteiger partial charge >= 0.3 is 10.2 Å². The van der Waals surface area contributed by atoms with Crippen molar-refractivity contribution in [3.8, 4) is 5.75 Å². The van der Waals surface area contributed by atoms with Crippen LogP contribution in [0.25, 0.3) is 0 Å².